The van der Waals surface area contributed by atoms with E-state index < -0.39 is 23.1 Å². The first-order valence-electron chi connectivity index (χ1n) is 8.81. The van der Waals surface area contributed by atoms with Crippen molar-refractivity contribution in [3.63, 3.8) is 0 Å². The molecule has 9 heteroatoms. The van der Waals surface area contributed by atoms with Crippen molar-refractivity contribution in [3.8, 4) is 11.1 Å². The summed E-state index contributed by atoms with van der Waals surface area (Å²) in [6, 6.07) is 4.31. The number of alkyl halides is 3. The second-order valence-corrected chi connectivity index (χ2v) is 6.93. The number of benzene rings is 1. The number of hydrogen-bond acceptors (Lipinski definition) is 3. The van der Waals surface area contributed by atoms with E-state index in [0.717, 1.165) is 6.07 Å². The highest BCUT2D eigenvalue weighted by Gasteiger charge is 2.34. The number of fused-ring (bicyclic) bond motifs is 1. The molecule has 154 valence electrons. The number of pyridine rings is 1. The zero-order valence-corrected chi connectivity index (χ0v) is 15.8. The lowest BCUT2D eigenvalue weighted by molar-refractivity contribution is -0.139. The summed E-state index contributed by atoms with van der Waals surface area (Å²) in [7, 11) is 3.75. The number of halogens is 4. The summed E-state index contributed by atoms with van der Waals surface area (Å²) in [6.45, 7) is 0.958. The highest BCUT2D eigenvalue weighted by molar-refractivity contribution is 5.95. The van der Waals surface area contributed by atoms with E-state index in [4.69, 9.17) is 0 Å². The molecule has 1 aromatic carbocycles. The van der Waals surface area contributed by atoms with Gasteiger partial charge in [-0.2, -0.15) is 13.2 Å². The van der Waals surface area contributed by atoms with Gasteiger partial charge in [0, 0.05) is 31.0 Å². The smallest absolute Gasteiger partial charge is 0.345 e. The number of nitrogens with zero attached hydrogens (tertiary/aromatic N) is 3. The lowest BCUT2D eigenvalue weighted by Gasteiger charge is -2.11. The van der Waals surface area contributed by atoms with Gasteiger partial charge in [0.1, 0.15) is 12.1 Å². The second kappa shape index (κ2) is 7.82. The van der Waals surface area contributed by atoms with E-state index in [2.05, 4.69) is 0 Å². The minimum atomic E-state index is -4.86. The highest BCUT2D eigenvalue weighted by atomic mass is 19.4. The van der Waals surface area contributed by atoms with E-state index in [1.165, 1.54) is 16.8 Å². The van der Waals surface area contributed by atoms with Gasteiger partial charge in [0.05, 0.1) is 23.0 Å². The Labute approximate surface area is 163 Å². The summed E-state index contributed by atoms with van der Waals surface area (Å²) in [6.07, 6.45) is -1.23. The van der Waals surface area contributed by atoms with Gasteiger partial charge in [-0.1, -0.05) is 6.07 Å². The zero-order valence-electron chi connectivity index (χ0n) is 15.8. The molecule has 29 heavy (non-hydrogen) atoms. The number of hydrogen-bond donors (Lipinski definition) is 0. The normalized spacial score (nSPS) is 12.1. The van der Waals surface area contributed by atoms with Crippen molar-refractivity contribution in [1.82, 2.24) is 14.0 Å². The van der Waals surface area contributed by atoms with Crippen molar-refractivity contribution in [1.29, 1.82) is 0 Å². The predicted molar refractivity (Wildman–Crippen MR) is 101 cm³/mol. The van der Waals surface area contributed by atoms with E-state index in [9.17, 15) is 27.2 Å². The van der Waals surface area contributed by atoms with E-state index in [1.54, 1.807) is 16.8 Å². The fourth-order valence-corrected chi connectivity index (χ4v) is 3.19. The Balaban J connectivity index is 2.27. The first kappa shape index (κ1) is 20.8. The molecular weight excluding hydrogens is 390 g/mol. The van der Waals surface area contributed by atoms with Crippen LogP contribution < -0.4 is 5.56 Å². The Morgan fingerprint density at radius 2 is 1.86 bits per heavy atom. The largest absolute Gasteiger partial charge is 0.419 e. The lowest BCUT2D eigenvalue weighted by atomic mass is 10.0. The third-order valence-electron chi connectivity index (χ3n) is 4.65. The molecule has 3 rings (SSSR count). The molecule has 0 radical (unpaired) electrons. The van der Waals surface area contributed by atoms with Crippen LogP contribution in [0.15, 0.2) is 41.5 Å². The van der Waals surface area contributed by atoms with Crippen molar-refractivity contribution in [2.45, 2.75) is 19.3 Å². The Morgan fingerprint density at radius 1 is 1.14 bits per heavy atom. The predicted octanol–water partition coefficient (Wildman–Crippen LogP) is 3.39. The maximum atomic E-state index is 13.7. The van der Waals surface area contributed by atoms with Gasteiger partial charge in [-0.3, -0.25) is 4.79 Å². The van der Waals surface area contributed by atoms with Gasteiger partial charge in [0.2, 0.25) is 0 Å². The lowest BCUT2D eigenvalue weighted by Crippen LogP contribution is -2.21. The fourth-order valence-electron chi connectivity index (χ4n) is 3.19. The molecule has 0 fully saturated rings. The van der Waals surface area contributed by atoms with Gasteiger partial charge in [-0.25, -0.2) is 4.39 Å². The molecule has 2 aromatic heterocycles. The average molecular weight is 409 g/mol. The molecule has 0 bridgehead atoms. The van der Waals surface area contributed by atoms with Crippen molar-refractivity contribution in [2.75, 3.05) is 20.6 Å². The zero-order chi connectivity index (χ0) is 21.3. The molecule has 0 N–H and O–H groups in total. The van der Waals surface area contributed by atoms with Crippen LogP contribution in [0.1, 0.15) is 5.56 Å². The third-order valence-corrected chi connectivity index (χ3v) is 4.65. The monoisotopic (exact) mass is 409 g/mol. The van der Waals surface area contributed by atoms with Gasteiger partial charge >= 0.3 is 6.18 Å². The Morgan fingerprint density at radius 3 is 2.48 bits per heavy atom. The maximum Gasteiger partial charge on any atom is 0.419 e. The molecule has 3 aromatic rings. The third kappa shape index (κ3) is 4.09. The van der Waals surface area contributed by atoms with Gasteiger partial charge in [-0.15, -0.1) is 0 Å². The molecule has 2 heterocycles. The average Bonchev–Trinajstić information content (AvgIpc) is 3.01. The second-order valence-electron chi connectivity index (χ2n) is 6.93. The van der Waals surface area contributed by atoms with Crippen LogP contribution in [0, 0.1) is 5.82 Å². The number of likely N-dealkylation sites (N-methyl/N-ethyl adjacent to an activating group) is 1. The molecule has 0 saturated carbocycles. The number of aromatic nitrogens is 2. The van der Waals surface area contributed by atoms with Crippen LogP contribution in [-0.4, -0.2) is 41.0 Å². The van der Waals surface area contributed by atoms with Crippen molar-refractivity contribution in [3.05, 3.63) is 58.4 Å². The molecule has 0 saturated heterocycles. The quantitative estimate of drug-likeness (QED) is 0.463. The van der Waals surface area contributed by atoms with E-state index in [-0.39, 0.29) is 23.1 Å². The molecule has 5 nitrogen and oxygen atoms in total. The standard InChI is InChI=1S/C20H19F4N3O2/c1-25(2)7-8-27-12-14(13-3-4-16(21)15(11-13)20(22,23)24)18-17(27)5-6-26(9-10-28)19(18)29/h3-6,10-12H,7-9H2,1-2H3. The van der Waals surface area contributed by atoms with Crippen LogP contribution in [-0.2, 0) is 24.1 Å². The van der Waals surface area contributed by atoms with Crippen LogP contribution in [0.4, 0.5) is 17.6 Å². The molecule has 0 aliphatic carbocycles. The number of carbonyl (C=O) groups is 1. The van der Waals surface area contributed by atoms with Crippen molar-refractivity contribution in [2.24, 2.45) is 0 Å². The van der Waals surface area contributed by atoms with E-state index in [0.29, 0.717) is 31.0 Å². The summed E-state index contributed by atoms with van der Waals surface area (Å²) < 4.78 is 56.2. The van der Waals surface area contributed by atoms with Crippen molar-refractivity contribution >= 4 is 17.2 Å². The maximum absolute atomic E-state index is 13.7. The van der Waals surface area contributed by atoms with Gasteiger partial charge < -0.3 is 18.8 Å². The topological polar surface area (TPSA) is 47.2 Å². The molecule has 0 amide bonds. The first-order valence-corrected chi connectivity index (χ1v) is 8.81. The molecular formula is C20H19F4N3O2. The summed E-state index contributed by atoms with van der Waals surface area (Å²) in [5.74, 6) is -1.38. The summed E-state index contributed by atoms with van der Waals surface area (Å²) in [4.78, 5) is 25.7. The minimum Gasteiger partial charge on any atom is -0.345 e. The Bertz CT molecular complexity index is 1110. The Kier molecular flexibility index (Phi) is 5.61. The van der Waals surface area contributed by atoms with Crippen LogP contribution in [0.5, 0.6) is 0 Å². The van der Waals surface area contributed by atoms with Gasteiger partial charge in [0.25, 0.3) is 5.56 Å². The molecule has 0 aliphatic heterocycles. The van der Waals surface area contributed by atoms with Crippen LogP contribution in [0.2, 0.25) is 0 Å². The minimum absolute atomic E-state index is 0.0771. The molecule has 0 atom stereocenters. The van der Waals surface area contributed by atoms with E-state index >= 15 is 0 Å². The number of aldehydes is 1. The summed E-state index contributed by atoms with van der Waals surface area (Å²) >= 11 is 0. The van der Waals surface area contributed by atoms with Gasteiger partial charge in [0.15, 0.2) is 0 Å². The highest BCUT2D eigenvalue weighted by Crippen LogP contribution is 2.36. The summed E-state index contributed by atoms with van der Waals surface area (Å²) in [5, 5.41) is 0.188. The van der Waals surface area contributed by atoms with Crippen LogP contribution in [0.3, 0.4) is 0 Å². The van der Waals surface area contributed by atoms with Crippen LogP contribution in [0.25, 0.3) is 22.0 Å². The molecule has 0 aliphatic rings. The summed E-state index contributed by atoms with van der Waals surface area (Å²) in [5.41, 5.74) is -1.02. The van der Waals surface area contributed by atoms with Crippen LogP contribution >= 0.6 is 0 Å². The Hall–Kier alpha value is -2.94. The molecule has 0 unspecified atom stereocenters. The first-order chi connectivity index (χ1) is 13.6. The van der Waals surface area contributed by atoms with Gasteiger partial charge in [-0.05, 0) is 37.9 Å². The number of rotatable bonds is 6. The number of carbonyl (C=O) groups excluding carboxylic acids is 1. The molecule has 0 spiro atoms. The SMILES string of the molecule is CN(C)CCn1cc(-c2ccc(F)c(C(F)(F)F)c2)c2c(=O)n(CC=O)ccc21. The fraction of sp³-hybridized carbons (Fsp3) is 0.300. The van der Waals surface area contributed by atoms with Crippen molar-refractivity contribution < 1.29 is 22.4 Å². The van der Waals surface area contributed by atoms with E-state index in [1.807, 2.05) is 19.0 Å².